The van der Waals surface area contributed by atoms with Crippen LogP contribution in [0, 0.1) is 19.8 Å². The number of aryl methyl sites for hydroxylation is 2. The first-order chi connectivity index (χ1) is 11.5. The van der Waals surface area contributed by atoms with Gasteiger partial charge in [-0.1, -0.05) is 31.8 Å². The first-order valence-electron chi connectivity index (χ1n) is 8.62. The third-order valence-electron chi connectivity index (χ3n) is 4.55. The van der Waals surface area contributed by atoms with Crippen LogP contribution in [0.4, 0.5) is 5.13 Å². The van der Waals surface area contributed by atoms with Gasteiger partial charge in [0.1, 0.15) is 6.54 Å². The number of anilines is 1. The van der Waals surface area contributed by atoms with Gasteiger partial charge < -0.3 is 10.2 Å². The van der Waals surface area contributed by atoms with E-state index >= 15 is 0 Å². The van der Waals surface area contributed by atoms with Crippen molar-refractivity contribution >= 4 is 28.3 Å². The standard InChI is InChI=1S/C18H27N3O2S/c1-4-11-21(17(23)10-9-15-7-5-6-8-15)12-16(22)20-18-19-13(2)14(3)24-18/h4,15H,1,5-12H2,2-3H3,(H,19,20,22). The van der Waals surface area contributed by atoms with E-state index in [-0.39, 0.29) is 18.4 Å². The maximum Gasteiger partial charge on any atom is 0.245 e. The molecular weight excluding hydrogens is 322 g/mol. The van der Waals surface area contributed by atoms with Crippen molar-refractivity contribution < 1.29 is 9.59 Å². The van der Waals surface area contributed by atoms with Gasteiger partial charge in [-0.2, -0.15) is 0 Å². The number of hydrogen-bond donors (Lipinski definition) is 1. The number of hydrogen-bond acceptors (Lipinski definition) is 4. The second kappa shape index (κ2) is 8.97. The molecule has 0 aromatic carbocycles. The molecule has 1 aliphatic carbocycles. The average Bonchev–Trinajstić information content (AvgIpc) is 3.15. The lowest BCUT2D eigenvalue weighted by Gasteiger charge is -2.21. The molecule has 1 heterocycles. The molecule has 1 aromatic heterocycles. The molecule has 2 amide bonds. The van der Waals surface area contributed by atoms with E-state index in [4.69, 9.17) is 0 Å². The summed E-state index contributed by atoms with van der Waals surface area (Å²) in [4.78, 5) is 31.6. The molecule has 1 aromatic rings. The number of nitrogens with zero attached hydrogens (tertiary/aromatic N) is 2. The van der Waals surface area contributed by atoms with Crippen LogP contribution in [0.15, 0.2) is 12.7 Å². The van der Waals surface area contributed by atoms with Crippen LogP contribution >= 0.6 is 11.3 Å². The van der Waals surface area contributed by atoms with Crippen molar-refractivity contribution in [3.8, 4) is 0 Å². The number of carbonyl (C=O) groups is 2. The predicted molar refractivity (Wildman–Crippen MR) is 98.2 cm³/mol. The van der Waals surface area contributed by atoms with E-state index in [9.17, 15) is 9.59 Å². The van der Waals surface area contributed by atoms with E-state index in [0.717, 1.165) is 17.0 Å². The summed E-state index contributed by atoms with van der Waals surface area (Å²) >= 11 is 1.45. The quantitative estimate of drug-likeness (QED) is 0.728. The van der Waals surface area contributed by atoms with Gasteiger partial charge in [0.25, 0.3) is 0 Å². The Morgan fingerprint density at radius 3 is 2.67 bits per heavy atom. The van der Waals surface area contributed by atoms with E-state index in [1.807, 2.05) is 13.8 Å². The van der Waals surface area contributed by atoms with Crippen molar-refractivity contribution in [3.05, 3.63) is 23.2 Å². The molecule has 0 saturated heterocycles. The molecule has 132 valence electrons. The van der Waals surface area contributed by atoms with Gasteiger partial charge in [0.15, 0.2) is 5.13 Å². The number of rotatable bonds is 8. The van der Waals surface area contributed by atoms with E-state index in [0.29, 0.717) is 24.0 Å². The molecule has 0 spiro atoms. The maximum absolute atomic E-state index is 12.4. The van der Waals surface area contributed by atoms with Gasteiger partial charge in [-0.3, -0.25) is 9.59 Å². The Balaban J connectivity index is 1.85. The zero-order chi connectivity index (χ0) is 17.5. The second-order valence-electron chi connectivity index (χ2n) is 6.46. The zero-order valence-electron chi connectivity index (χ0n) is 14.6. The molecule has 5 nitrogen and oxygen atoms in total. The molecule has 2 rings (SSSR count). The smallest absolute Gasteiger partial charge is 0.245 e. The van der Waals surface area contributed by atoms with Gasteiger partial charge in [-0.15, -0.1) is 17.9 Å². The highest BCUT2D eigenvalue weighted by atomic mass is 32.1. The van der Waals surface area contributed by atoms with E-state index in [1.165, 1.54) is 37.0 Å². The maximum atomic E-state index is 12.4. The van der Waals surface area contributed by atoms with Gasteiger partial charge in [0, 0.05) is 17.8 Å². The number of amides is 2. The Morgan fingerprint density at radius 2 is 2.08 bits per heavy atom. The minimum atomic E-state index is -0.209. The topological polar surface area (TPSA) is 62.3 Å². The molecule has 1 aliphatic rings. The van der Waals surface area contributed by atoms with Crippen LogP contribution in [-0.2, 0) is 9.59 Å². The number of carbonyl (C=O) groups excluding carboxylic acids is 2. The van der Waals surface area contributed by atoms with Crippen LogP contribution in [0.3, 0.4) is 0 Å². The highest BCUT2D eigenvalue weighted by Gasteiger charge is 2.20. The zero-order valence-corrected chi connectivity index (χ0v) is 15.5. The van der Waals surface area contributed by atoms with Gasteiger partial charge in [0.2, 0.25) is 11.8 Å². The summed E-state index contributed by atoms with van der Waals surface area (Å²) in [7, 11) is 0. The van der Waals surface area contributed by atoms with E-state index in [2.05, 4.69) is 16.9 Å². The lowest BCUT2D eigenvalue weighted by Crippen LogP contribution is -2.38. The Bertz CT molecular complexity index is 572. The van der Waals surface area contributed by atoms with Gasteiger partial charge in [-0.25, -0.2) is 4.98 Å². The predicted octanol–water partition coefficient (Wildman–Crippen LogP) is 3.68. The molecule has 0 radical (unpaired) electrons. The fraction of sp³-hybridized carbons (Fsp3) is 0.611. The summed E-state index contributed by atoms with van der Waals surface area (Å²) in [6, 6.07) is 0. The van der Waals surface area contributed by atoms with Gasteiger partial charge in [0.05, 0.1) is 5.69 Å². The van der Waals surface area contributed by atoms with E-state index < -0.39 is 0 Å². The lowest BCUT2D eigenvalue weighted by atomic mass is 10.0. The fourth-order valence-corrected chi connectivity index (χ4v) is 3.88. The number of nitrogens with one attached hydrogen (secondary N) is 1. The Hall–Kier alpha value is -1.69. The minimum absolute atomic E-state index is 0.0310. The summed E-state index contributed by atoms with van der Waals surface area (Å²) in [5.41, 5.74) is 0.922. The Morgan fingerprint density at radius 1 is 1.38 bits per heavy atom. The average molecular weight is 350 g/mol. The van der Waals surface area contributed by atoms with Gasteiger partial charge in [-0.05, 0) is 26.2 Å². The van der Waals surface area contributed by atoms with Gasteiger partial charge >= 0.3 is 0 Å². The number of thiazole rings is 1. The third-order valence-corrected chi connectivity index (χ3v) is 5.54. The highest BCUT2D eigenvalue weighted by Crippen LogP contribution is 2.28. The first kappa shape index (κ1) is 18.6. The molecule has 0 aliphatic heterocycles. The van der Waals surface area contributed by atoms with Crippen LogP contribution in [0.1, 0.15) is 49.1 Å². The molecule has 6 heteroatoms. The summed E-state index contributed by atoms with van der Waals surface area (Å²) in [6.45, 7) is 8.02. The van der Waals surface area contributed by atoms with Crippen LogP contribution in [-0.4, -0.2) is 34.8 Å². The van der Waals surface area contributed by atoms with E-state index in [1.54, 1.807) is 11.0 Å². The van der Waals surface area contributed by atoms with Crippen LogP contribution < -0.4 is 5.32 Å². The van der Waals surface area contributed by atoms with Crippen molar-refractivity contribution in [3.63, 3.8) is 0 Å². The summed E-state index contributed by atoms with van der Waals surface area (Å²) in [6.07, 6.45) is 8.14. The minimum Gasteiger partial charge on any atom is -0.330 e. The monoisotopic (exact) mass is 349 g/mol. The largest absolute Gasteiger partial charge is 0.330 e. The number of aromatic nitrogens is 1. The molecule has 0 atom stereocenters. The first-order valence-corrected chi connectivity index (χ1v) is 9.43. The van der Waals surface area contributed by atoms with Crippen molar-refractivity contribution in [1.29, 1.82) is 0 Å². The lowest BCUT2D eigenvalue weighted by molar-refractivity contribution is -0.134. The molecule has 1 fully saturated rings. The molecular formula is C18H27N3O2S. The fourth-order valence-electron chi connectivity index (χ4n) is 3.05. The molecule has 1 saturated carbocycles. The van der Waals surface area contributed by atoms with Crippen molar-refractivity contribution in [2.24, 2.45) is 5.92 Å². The molecule has 1 N–H and O–H groups in total. The van der Waals surface area contributed by atoms with Crippen LogP contribution in [0.25, 0.3) is 0 Å². The summed E-state index contributed by atoms with van der Waals surface area (Å²) in [5.74, 6) is 0.498. The molecule has 24 heavy (non-hydrogen) atoms. The summed E-state index contributed by atoms with van der Waals surface area (Å²) < 4.78 is 0. The summed E-state index contributed by atoms with van der Waals surface area (Å²) in [5, 5.41) is 3.37. The third kappa shape index (κ3) is 5.44. The SMILES string of the molecule is C=CCN(CC(=O)Nc1nc(C)c(C)s1)C(=O)CCC1CCCC1. The van der Waals surface area contributed by atoms with Crippen molar-refractivity contribution in [2.45, 2.75) is 52.4 Å². The second-order valence-corrected chi connectivity index (χ2v) is 7.66. The Labute approximate surface area is 148 Å². The Kier molecular flexibility index (Phi) is 6.97. The van der Waals surface area contributed by atoms with Crippen molar-refractivity contribution in [2.75, 3.05) is 18.4 Å². The molecule has 0 unspecified atom stereocenters. The highest BCUT2D eigenvalue weighted by molar-refractivity contribution is 7.15. The van der Waals surface area contributed by atoms with Crippen LogP contribution in [0.5, 0.6) is 0 Å². The van der Waals surface area contributed by atoms with Crippen molar-refractivity contribution in [1.82, 2.24) is 9.88 Å². The molecule has 0 bridgehead atoms. The van der Waals surface area contributed by atoms with Crippen LogP contribution in [0.2, 0.25) is 0 Å². The normalized spacial score (nSPS) is 14.6.